The highest BCUT2D eigenvalue weighted by Gasteiger charge is 2.03. The fourth-order valence-corrected chi connectivity index (χ4v) is 0.702. The average molecular weight is 197 g/mol. The molecule has 0 aliphatic rings. The second-order valence-corrected chi connectivity index (χ2v) is 1.97. The highest BCUT2D eigenvalue weighted by atomic mass is 16.6. The molecule has 0 heterocycles. The molecule has 0 unspecified atom stereocenters. The van der Waals surface area contributed by atoms with Crippen LogP contribution in [0.25, 0.3) is 0 Å². The van der Waals surface area contributed by atoms with Crippen LogP contribution in [0.1, 0.15) is 13.8 Å². The van der Waals surface area contributed by atoms with Gasteiger partial charge in [0.25, 0.3) is 12.2 Å². The quantitative estimate of drug-likeness (QED) is 0.423. The molecule has 0 spiro atoms. The smallest absolute Gasteiger partial charge is 0.298 e. The monoisotopic (exact) mass is 197 g/mol. The summed E-state index contributed by atoms with van der Waals surface area (Å²) in [6, 6.07) is 5.23. The van der Waals surface area contributed by atoms with Crippen LogP contribution in [0.3, 0.4) is 0 Å². The fourth-order valence-electron chi connectivity index (χ4n) is 0.702. The molecule has 0 aromatic heterocycles. The Morgan fingerprint density at radius 2 is 1.79 bits per heavy atom. The van der Waals surface area contributed by atoms with Crippen LogP contribution < -0.4 is 4.74 Å². The molecule has 0 fully saturated rings. The van der Waals surface area contributed by atoms with Gasteiger partial charge in [-0.1, -0.05) is 13.8 Å². The number of rotatable bonds is 3. The summed E-state index contributed by atoms with van der Waals surface area (Å²) in [7, 11) is 0. The summed E-state index contributed by atoms with van der Waals surface area (Å²) >= 11 is 0. The van der Waals surface area contributed by atoms with E-state index in [1.807, 2.05) is 13.8 Å². The van der Waals surface area contributed by atoms with E-state index in [9.17, 15) is 14.9 Å². The van der Waals surface area contributed by atoms with Gasteiger partial charge in [0.2, 0.25) is 0 Å². The molecule has 0 atom stereocenters. The summed E-state index contributed by atoms with van der Waals surface area (Å²) in [6.07, 6.45) is 0. The van der Waals surface area contributed by atoms with Crippen LogP contribution in [0.4, 0.5) is 5.69 Å². The van der Waals surface area contributed by atoms with E-state index >= 15 is 0 Å². The van der Waals surface area contributed by atoms with E-state index in [4.69, 9.17) is 0 Å². The third kappa shape index (κ3) is 3.66. The van der Waals surface area contributed by atoms with E-state index in [2.05, 4.69) is 4.74 Å². The number of nitro benzene ring substituents is 1. The van der Waals surface area contributed by atoms with Crippen molar-refractivity contribution in [2.75, 3.05) is 0 Å². The first-order valence-corrected chi connectivity index (χ1v) is 4.09. The fraction of sp³-hybridized carbons (Fsp3) is 0.222. The Labute approximate surface area is 81.5 Å². The third-order valence-electron chi connectivity index (χ3n) is 1.23. The van der Waals surface area contributed by atoms with Gasteiger partial charge in [-0.15, -0.1) is 0 Å². The maximum Gasteiger partial charge on any atom is 0.298 e. The molecule has 5 nitrogen and oxygen atoms in total. The molecule has 0 saturated heterocycles. The molecule has 0 N–H and O–H groups in total. The van der Waals surface area contributed by atoms with Crippen molar-refractivity contribution in [3.8, 4) is 5.75 Å². The summed E-state index contributed by atoms with van der Waals surface area (Å²) in [4.78, 5) is 19.5. The zero-order valence-corrected chi connectivity index (χ0v) is 7.97. The molecule has 14 heavy (non-hydrogen) atoms. The van der Waals surface area contributed by atoms with Crippen LogP contribution >= 0.6 is 0 Å². The summed E-state index contributed by atoms with van der Waals surface area (Å²) < 4.78 is 4.44. The van der Waals surface area contributed by atoms with Crippen molar-refractivity contribution in [2.45, 2.75) is 13.8 Å². The minimum absolute atomic E-state index is 0.0340. The number of carbonyl (C=O) groups is 1. The molecular formula is C9H11NO4. The van der Waals surface area contributed by atoms with Crippen molar-refractivity contribution in [1.29, 1.82) is 0 Å². The number of nitrogens with zero attached hydrogens (tertiary/aromatic N) is 1. The van der Waals surface area contributed by atoms with Crippen LogP contribution in [-0.4, -0.2) is 11.4 Å². The lowest BCUT2D eigenvalue weighted by Crippen LogP contribution is -1.90. The van der Waals surface area contributed by atoms with Crippen LogP contribution in [0, 0.1) is 10.1 Å². The van der Waals surface area contributed by atoms with Crippen molar-refractivity contribution >= 4 is 12.2 Å². The molecule has 0 aliphatic heterocycles. The molecular weight excluding hydrogens is 186 g/mol. The first kappa shape index (κ1) is 12.1. The molecule has 1 aromatic rings. The number of benzene rings is 1. The lowest BCUT2D eigenvalue weighted by atomic mass is 10.3. The molecule has 0 radical (unpaired) electrons. The molecule has 5 heteroatoms. The lowest BCUT2D eigenvalue weighted by molar-refractivity contribution is -0.384. The Balaban J connectivity index is 0.000000791. The van der Waals surface area contributed by atoms with Gasteiger partial charge in [-0.05, 0) is 12.1 Å². The van der Waals surface area contributed by atoms with Gasteiger partial charge in [-0.3, -0.25) is 14.9 Å². The Bertz CT molecular complexity index is 294. The summed E-state index contributed by atoms with van der Waals surface area (Å²) in [5, 5.41) is 10.2. The number of hydrogen-bond donors (Lipinski definition) is 0. The summed E-state index contributed by atoms with van der Waals surface area (Å²) in [6.45, 7) is 4.27. The number of carbonyl (C=O) groups excluding carboxylic acids is 1. The second kappa shape index (κ2) is 6.59. The van der Waals surface area contributed by atoms with Crippen molar-refractivity contribution in [3.05, 3.63) is 34.4 Å². The van der Waals surface area contributed by atoms with Crippen molar-refractivity contribution in [3.63, 3.8) is 0 Å². The predicted molar refractivity (Wildman–Crippen MR) is 51.1 cm³/mol. The van der Waals surface area contributed by atoms with Gasteiger partial charge in [0.05, 0.1) is 4.92 Å². The molecule has 0 aliphatic carbocycles. The van der Waals surface area contributed by atoms with E-state index in [1.54, 1.807) is 0 Å². The first-order valence-electron chi connectivity index (χ1n) is 4.09. The Kier molecular flexibility index (Phi) is 5.69. The number of non-ortho nitro benzene ring substituents is 1. The average Bonchev–Trinajstić information content (AvgIpc) is 2.22. The normalized spacial score (nSPS) is 8.14. The minimum atomic E-state index is -0.523. The van der Waals surface area contributed by atoms with Gasteiger partial charge in [0, 0.05) is 12.1 Å². The zero-order valence-electron chi connectivity index (χ0n) is 7.97. The van der Waals surface area contributed by atoms with Gasteiger partial charge in [-0.25, -0.2) is 0 Å². The van der Waals surface area contributed by atoms with Crippen LogP contribution in [0.5, 0.6) is 5.75 Å². The van der Waals surface area contributed by atoms with Gasteiger partial charge in [-0.2, -0.15) is 0 Å². The lowest BCUT2D eigenvalue weighted by Gasteiger charge is -1.94. The summed E-state index contributed by atoms with van der Waals surface area (Å²) in [5.41, 5.74) is -0.0340. The molecule has 76 valence electrons. The minimum Gasteiger partial charge on any atom is -0.429 e. The molecule has 0 bridgehead atoms. The molecule has 0 saturated carbocycles. The largest absolute Gasteiger partial charge is 0.429 e. The number of ether oxygens (including phenoxy) is 1. The van der Waals surface area contributed by atoms with Gasteiger partial charge < -0.3 is 4.74 Å². The number of hydrogen-bond acceptors (Lipinski definition) is 4. The third-order valence-corrected chi connectivity index (χ3v) is 1.23. The van der Waals surface area contributed by atoms with E-state index in [1.165, 1.54) is 24.3 Å². The standard InChI is InChI=1S/C7H5NO4.C2H6/c9-5-12-7-3-1-6(2-4-7)8(10)11;1-2/h1-5H;1-2H3. The molecule has 0 amide bonds. The maximum atomic E-state index is 10.2. The van der Waals surface area contributed by atoms with Crippen LogP contribution in [-0.2, 0) is 4.79 Å². The second-order valence-electron chi connectivity index (χ2n) is 1.97. The predicted octanol–water partition coefficient (Wildman–Crippen LogP) is 2.16. The van der Waals surface area contributed by atoms with Gasteiger partial charge >= 0.3 is 0 Å². The van der Waals surface area contributed by atoms with Crippen LogP contribution in [0.2, 0.25) is 0 Å². The Morgan fingerprint density at radius 1 is 1.29 bits per heavy atom. The van der Waals surface area contributed by atoms with Gasteiger partial charge in [0.1, 0.15) is 5.75 Å². The summed E-state index contributed by atoms with van der Waals surface area (Å²) in [5.74, 6) is 0.288. The maximum absolute atomic E-state index is 10.2. The molecule has 1 aromatic carbocycles. The Hall–Kier alpha value is -1.91. The highest BCUT2D eigenvalue weighted by Crippen LogP contribution is 2.16. The van der Waals surface area contributed by atoms with Crippen molar-refractivity contribution < 1.29 is 14.5 Å². The highest BCUT2D eigenvalue weighted by molar-refractivity contribution is 5.46. The van der Waals surface area contributed by atoms with Crippen molar-refractivity contribution in [2.24, 2.45) is 0 Å². The van der Waals surface area contributed by atoms with Gasteiger partial charge in [0.15, 0.2) is 0 Å². The van der Waals surface area contributed by atoms with E-state index in [0.717, 1.165) is 0 Å². The van der Waals surface area contributed by atoms with Crippen LogP contribution in [0.15, 0.2) is 24.3 Å². The zero-order chi connectivity index (χ0) is 11.0. The molecule has 1 rings (SSSR count). The first-order chi connectivity index (χ1) is 6.74. The number of nitro groups is 1. The Morgan fingerprint density at radius 3 is 2.14 bits per heavy atom. The van der Waals surface area contributed by atoms with E-state index in [0.29, 0.717) is 0 Å². The van der Waals surface area contributed by atoms with E-state index in [-0.39, 0.29) is 17.9 Å². The topological polar surface area (TPSA) is 69.4 Å². The SMILES string of the molecule is CC.O=COc1ccc([N+](=O)[O-])cc1. The van der Waals surface area contributed by atoms with E-state index < -0.39 is 4.92 Å². The van der Waals surface area contributed by atoms with Crippen molar-refractivity contribution in [1.82, 2.24) is 0 Å².